The zero-order valence-electron chi connectivity index (χ0n) is 28.4. The molecule has 258 valence electrons. The SMILES string of the molecule is CCCCOC(=O)c1ccc(NC(=O)C(Sc2cccc(NC(=O)/C(=C\c3cccc(C)c3)NC(=O)c3ccccc3)c2)c2ccccc2)cc1. The highest BCUT2D eigenvalue weighted by Gasteiger charge is 2.23. The molecule has 0 aliphatic rings. The number of ether oxygens (including phenoxy) is 1. The van der Waals surface area contributed by atoms with E-state index in [1.165, 1.54) is 11.8 Å². The fraction of sp³-hybridized carbons (Fsp3) is 0.143. The Morgan fingerprint density at radius 1 is 0.725 bits per heavy atom. The van der Waals surface area contributed by atoms with Crippen LogP contribution in [0.15, 0.2) is 144 Å². The summed E-state index contributed by atoms with van der Waals surface area (Å²) in [7, 11) is 0. The number of carbonyl (C=O) groups is 4. The van der Waals surface area contributed by atoms with Crippen LogP contribution >= 0.6 is 11.8 Å². The maximum Gasteiger partial charge on any atom is 0.338 e. The maximum absolute atomic E-state index is 13.7. The number of esters is 1. The molecule has 0 fully saturated rings. The van der Waals surface area contributed by atoms with E-state index in [1.54, 1.807) is 72.8 Å². The molecule has 1 unspecified atom stereocenters. The van der Waals surface area contributed by atoms with Crippen molar-refractivity contribution in [3.05, 3.63) is 167 Å². The zero-order valence-corrected chi connectivity index (χ0v) is 29.2. The number of hydrogen-bond acceptors (Lipinski definition) is 6. The van der Waals surface area contributed by atoms with Gasteiger partial charge < -0.3 is 20.7 Å². The highest BCUT2D eigenvalue weighted by atomic mass is 32.2. The van der Waals surface area contributed by atoms with E-state index in [2.05, 4.69) is 16.0 Å². The number of amides is 3. The zero-order chi connectivity index (χ0) is 36.0. The number of nitrogens with one attached hydrogen (secondary N) is 3. The lowest BCUT2D eigenvalue weighted by atomic mass is 10.1. The van der Waals surface area contributed by atoms with Gasteiger partial charge in [-0.25, -0.2) is 4.79 Å². The Morgan fingerprint density at radius 3 is 2.14 bits per heavy atom. The molecule has 0 saturated heterocycles. The van der Waals surface area contributed by atoms with Crippen LogP contribution < -0.4 is 16.0 Å². The number of benzene rings is 5. The lowest BCUT2D eigenvalue weighted by molar-refractivity contribution is -0.116. The summed E-state index contributed by atoms with van der Waals surface area (Å²) >= 11 is 1.33. The van der Waals surface area contributed by atoms with Gasteiger partial charge in [0.25, 0.3) is 11.8 Å². The summed E-state index contributed by atoms with van der Waals surface area (Å²) in [4.78, 5) is 53.5. The Hall–Kier alpha value is -5.93. The molecule has 8 nitrogen and oxygen atoms in total. The molecule has 5 rings (SSSR count). The first kappa shape index (κ1) is 36.4. The van der Waals surface area contributed by atoms with E-state index in [-0.39, 0.29) is 11.6 Å². The van der Waals surface area contributed by atoms with E-state index >= 15 is 0 Å². The number of hydrogen-bond donors (Lipinski definition) is 3. The molecule has 5 aromatic carbocycles. The summed E-state index contributed by atoms with van der Waals surface area (Å²) < 4.78 is 5.29. The molecule has 0 aliphatic heterocycles. The van der Waals surface area contributed by atoms with E-state index in [9.17, 15) is 19.2 Å². The molecular weight excluding hydrogens is 659 g/mol. The van der Waals surface area contributed by atoms with Crippen LogP contribution in [0.4, 0.5) is 11.4 Å². The van der Waals surface area contributed by atoms with Crippen molar-refractivity contribution in [3.8, 4) is 0 Å². The third-order valence-corrected chi connectivity index (χ3v) is 8.94. The highest BCUT2D eigenvalue weighted by Crippen LogP contribution is 2.37. The Labute approximate surface area is 302 Å². The van der Waals surface area contributed by atoms with Crippen LogP contribution in [0.3, 0.4) is 0 Å². The monoisotopic (exact) mass is 697 g/mol. The van der Waals surface area contributed by atoms with E-state index < -0.39 is 23.0 Å². The molecule has 51 heavy (non-hydrogen) atoms. The molecule has 0 radical (unpaired) electrons. The van der Waals surface area contributed by atoms with Gasteiger partial charge >= 0.3 is 5.97 Å². The smallest absolute Gasteiger partial charge is 0.338 e. The average molecular weight is 698 g/mol. The van der Waals surface area contributed by atoms with Crippen molar-refractivity contribution in [3.63, 3.8) is 0 Å². The predicted octanol–water partition coefficient (Wildman–Crippen LogP) is 8.83. The van der Waals surface area contributed by atoms with Crippen LogP contribution in [0.5, 0.6) is 0 Å². The highest BCUT2D eigenvalue weighted by molar-refractivity contribution is 8.00. The van der Waals surface area contributed by atoms with E-state index in [1.807, 2.05) is 80.6 Å². The predicted molar refractivity (Wildman–Crippen MR) is 203 cm³/mol. The van der Waals surface area contributed by atoms with Crippen molar-refractivity contribution >= 4 is 52.9 Å². The van der Waals surface area contributed by atoms with E-state index in [4.69, 9.17) is 4.74 Å². The third kappa shape index (κ3) is 10.8. The van der Waals surface area contributed by atoms with Gasteiger partial charge in [-0.15, -0.1) is 11.8 Å². The van der Waals surface area contributed by atoms with Gasteiger partial charge in [-0.05, 0) is 85.1 Å². The van der Waals surface area contributed by atoms with Gasteiger partial charge in [0, 0.05) is 21.8 Å². The van der Waals surface area contributed by atoms with Crippen molar-refractivity contribution in [1.82, 2.24) is 5.32 Å². The first-order chi connectivity index (χ1) is 24.8. The van der Waals surface area contributed by atoms with Crippen LogP contribution in [0.25, 0.3) is 6.08 Å². The fourth-order valence-electron chi connectivity index (χ4n) is 5.04. The summed E-state index contributed by atoms with van der Waals surface area (Å²) in [6, 6.07) is 39.5. The van der Waals surface area contributed by atoms with Gasteiger partial charge in [0.15, 0.2) is 0 Å². The minimum absolute atomic E-state index is 0.0780. The summed E-state index contributed by atoms with van der Waals surface area (Å²) in [6.07, 6.45) is 3.37. The molecular formula is C42H39N3O5S. The number of anilines is 2. The second-order valence-corrected chi connectivity index (χ2v) is 12.9. The quantitative estimate of drug-likeness (QED) is 0.0463. The van der Waals surface area contributed by atoms with E-state index in [0.717, 1.165) is 34.4 Å². The van der Waals surface area contributed by atoms with Crippen molar-refractivity contribution < 1.29 is 23.9 Å². The molecule has 0 spiro atoms. The molecule has 0 heterocycles. The fourth-order valence-corrected chi connectivity index (χ4v) is 6.12. The molecule has 0 aliphatic carbocycles. The Kier molecular flexibility index (Phi) is 13.0. The van der Waals surface area contributed by atoms with Gasteiger partial charge in [0.1, 0.15) is 10.9 Å². The number of thioether (sulfide) groups is 1. The molecule has 3 N–H and O–H groups in total. The van der Waals surface area contributed by atoms with E-state index in [0.29, 0.717) is 29.1 Å². The maximum atomic E-state index is 13.7. The summed E-state index contributed by atoms with van der Waals surface area (Å²) in [6.45, 7) is 4.35. The molecule has 3 amide bonds. The van der Waals surface area contributed by atoms with Crippen molar-refractivity contribution in [1.29, 1.82) is 0 Å². The number of aryl methyl sites for hydroxylation is 1. The van der Waals surface area contributed by atoms with Gasteiger partial charge in [-0.1, -0.05) is 97.8 Å². The molecule has 0 saturated carbocycles. The first-order valence-corrected chi connectivity index (χ1v) is 17.5. The van der Waals surface area contributed by atoms with Crippen LogP contribution in [-0.4, -0.2) is 30.3 Å². The number of carbonyl (C=O) groups excluding carboxylic acids is 4. The number of rotatable bonds is 14. The standard InChI is InChI=1S/C42H39N3O5S/c1-3-4-25-50-42(49)33-21-23-34(24-22-33)43-41(48)38(31-15-7-5-8-16-31)51-36-20-12-19-35(28-36)44-40(47)37(27-30-14-11-13-29(2)26-30)45-39(46)32-17-9-6-10-18-32/h5-24,26-28,38H,3-4,25H2,1-2H3,(H,43,48)(H,44,47)(H,45,46)/b37-27+. The van der Waals surface area contributed by atoms with Crippen LogP contribution in [0.1, 0.15) is 62.4 Å². The third-order valence-electron chi connectivity index (χ3n) is 7.69. The second kappa shape index (κ2) is 18.2. The normalized spacial score (nSPS) is 11.6. The van der Waals surface area contributed by atoms with Crippen molar-refractivity contribution in [2.75, 3.05) is 17.2 Å². The van der Waals surface area contributed by atoms with Gasteiger partial charge in [0.05, 0.1) is 12.2 Å². The van der Waals surface area contributed by atoms with Crippen molar-refractivity contribution in [2.24, 2.45) is 0 Å². The van der Waals surface area contributed by atoms with Gasteiger partial charge in [-0.3, -0.25) is 14.4 Å². The van der Waals surface area contributed by atoms with Crippen molar-refractivity contribution in [2.45, 2.75) is 36.8 Å². The molecule has 0 aromatic heterocycles. The number of unbranched alkanes of at least 4 members (excludes halogenated alkanes) is 1. The Morgan fingerprint density at radius 2 is 1.43 bits per heavy atom. The summed E-state index contributed by atoms with van der Waals surface area (Å²) in [5, 5.41) is 8.02. The average Bonchev–Trinajstić information content (AvgIpc) is 3.14. The van der Waals surface area contributed by atoms with Crippen LogP contribution in [0, 0.1) is 6.92 Å². The van der Waals surface area contributed by atoms with Crippen LogP contribution in [0.2, 0.25) is 0 Å². The Balaban J connectivity index is 1.33. The summed E-state index contributed by atoms with van der Waals surface area (Å²) in [5.74, 6) is -1.57. The molecule has 5 aromatic rings. The molecule has 9 heteroatoms. The van der Waals surface area contributed by atoms with Gasteiger partial charge in [-0.2, -0.15) is 0 Å². The summed E-state index contributed by atoms with van der Waals surface area (Å²) in [5.41, 5.74) is 4.50. The second-order valence-electron chi connectivity index (χ2n) is 11.7. The van der Waals surface area contributed by atoms with Gasteiger partial charge in [0.2, 0.25) is 5.91 Å². The first-order valence-electron chi connectivity index (χ1n) is 16.6. The largest absolute Gasteiger partial charge is 0.462 e. The Bertz CT molecular complexity index is 2000. The van der Waals surface area contributed by atoms with Crippen LogP contribution in [-0.2, 0) is 14.3 Å². The topological polar surface area (TPSA) is 114 Å². The lowest BCUT2D eigenvalue weighted by Gasteiger charge is -2.18. The molecule has 1 atom stereocenters. The minimum atomic E-state index is -0.641. The lowest BCUT2D eigenvalue weighted by Crippen LogP contribution is -2.30. The minimum Gasteiger partial charge on any atom is -0.462 e. The molecule has 0 bridgehead atoms.